The van der Waals surface area contributed by atoms with E-state index in [1.54, 1.807) is 18.1 Å². The number of H-pyrrole nitrogens is 1. The summed E-state index contributed by atoms with van der Waals surface area (Å²) in [4.78, 5) is 27.3. The van der Waals surface area contributed by atoms with Crippen LogP contribution in [0.25, 0.3) is 11.3 Å². The number of hydrogen-bond donors (Lipinski definition) is 2. The van der Waals surface area contributed by atoms with E-state index < -0.39 is 6.04 Å². The lowest BCUT2D eigenvalue weighted by atomic mass is 9.85. The Balaban J connectivity index is 1.60. The maximum atomic E-state index is 13.7. The second-order valence-corrected chi connectivity index (χ2v) is 9.63. The van der Waals surface area contributed by atoms with E-state index in [1.807, 2.05) is 48.5 Å². The number of aromatic amines is 1. The summed E-state index contributed by atoms with van der Waals surface area (Å²) >= 11 is 0. The van der Waals surface area contributed by atoms with Gasteiger partial charge in [-0.05, 0) is 30.3 Å². The molecule has 0 spiro atoms. The summed E-state index contributed by atoms with van der Waals surface area (Å²) in [5.74, 6) is 0.626. The van der Waals surface area contributed by atoms with Crippen LogP contribution in [0.15, 0.2) is 59.1 Å². The van der Waals surface area contributed by atoms with Gasteiger partial charge in [-0.3, -0.25) is 19.6 Å². The first-order chi connectivity index (χ1) is 17.2. The van der Waals surface area contributed by atoms with E-state index in [-0.39, 0.29) is 22.9 Å². The van der Waals surface area contributed by atoms with Crippen molar-refractivity contribution in [1.29, 1.82) is 0 Å². The maximum Gasteiger partial charge on any atom is 0.280 e. The van der Waals surface area contributed by atoms with Crippen molar-refractivity contribution in [1.82, 2.24) is 20.7 Å². The van der Waals surface area contributed by atoms with E-state index >= 15 is 0 Å². The normalized spacial score (nSPS) is 15.2. The number of aromatic nitrogens is 3. The predicted molar refractivity (Wildman–Crippen MR) is 134 cm³/mol. The summed E-state index contributed by atoms with van der Waals surface area (Å²) in [5.41, 5.74) is 4.41. The summed E-state index contributed by atoms with van der Waals surface area (Å²) in [6, 6.07) is 16.2. The van der Waals surface area contributed by atoms with Gasteiger partial charge in [-0.25, -0.2) is 0 Å². The zero-order valence-electron chi connectivity index (χ0n) is 20.7. The molecule has 3 heterocycles. The lowest BCUT2D eigenvalue weighted by Gasteiger charge is -2.29. The highest BCUT2D eigenvalue weighted by Crippen LogP contribution is 2.47. The summed E-state index contributed by atoms with van der Waals surface area (Å²) in [5, 5.41) is 13.9. The Morgan fingerprint density at radius 3 is 2.53 bits per heavy atom. The molecule has 4 aromatic rings. The zero-order chi connectivity index (χ0) is 25.6. The van der Waals surface area contributed by atoms with Gasteiger partial charge in [0.15, 0.2) is 17.1 Å². The predicted octanol–water partition coefficient (Wildman–Crippen LogP) is 4.48. The molecule has 0 bridgehead atoms. The molecule has 0 fully saturated rings. The van der Waals surface area contributed by atoms with Gasteiger partial charge in [0.2, 0.25) is 0 Å². The molecule has 0 saturated carbocycles. The van der Waals surface area contributed by atoms with Crippen molar-refractivity contribution in [2.75, 3.05) is 19.1 Å². The second-order valence-electron chi connectivity index (χ2n) is 9.63. The molecule has 0 aliphatic carbocycles. The number of carbonyl (C=O) groups excluding carboxylic acids is 2. The van der Waals surface area contributed by atoms with E-state index in [0.717, 1.165) is 22.4 Å². The molecule has 9 heteroatoms. The van der Waals surface area contributed by atoms with E-state index in [4.69, 9.17) is 9.26 Å². The minimum atomic E-state index is -0.424. The van der Waals surface area contributed by atoms with Crippen LogP contribution in [0.3, 0.4) is 0 Å². The molecule has 0 radical (unpaired) electrons. The molecule has 2 N–H and O–H groups in total. The Morgan fingerprint density at radius 2 is 1.86 bits per heavy atom. The van der Waals surface area contributed by atoms with E-state index in [2.05, 4.69) is 41.4 Å². The Morgan fingerprint density at radius 1 is 1.14 bits per heavy atom. The van der Waals surface area contributed by atoms with Gasteiger partial charge >= 0.3 is 0 Å². The van der Waals surface area contributed by atoms with Crippen molar-refractivity contribution in [3.05, 3.63) is 82.8 Å². The number of nitrogens with one attached hydrogen (secondary N) is 2. The van der Waals surface area contributed by atoms with Crippen LogP contribution in [0.2, 0.25) is 0 Å². The molecule has 1 aliphatic rings. The lowest BCUT2D eigenvalue weighted by molar-refractivity contribution is 0.0952. The van der Waals surface area contributed by atoms with Crippen molar-refractivity contribution >= 4 is 17.5 Å². The summed E-state index contributed by atoms with van der Waals surface area (Å²) in [6.45, 7) is 6.27. The van der Waals surface area contributed by atoms with E-state index in [0.29, 0.717) is 22.9 Å². The standard InChI is InChI=1S/C27H27N5O4/c1-27(2,3)24-21-22(29-30-24)26(34)32(23(21)17-8-6-7-9-19(17)35-5)16-12-10-15(11-13-16)20-14-18(31-36-20)25(33)28-4/h6-14,23H,1-5H3,(H,28,33)(H,29,30). The van der Waals surface area contributed by atoms with E-state index in [1.165, 1.54) is 7.05 Å². The van der Waals surface area contributed by atoms with Gasteiger partial charge < -0.3 is 14.6 Å². The maximum absolute atomic E-state index is 13.7. The molecule has 0 saturated heterocycles. The molecule has 1 unspecified atom stereocenters. The summed E-state index contributed by atoms with van der Waals surface area (Å²) in [6.07, 6.45) is 0. The number of para-hydroxylation sites is 1. The average Bonchev–Trinajstić information content (AvgIpc) is 3.59. The van der Waals surface area contributed by atoms with Crippen LogP contribution in [-0.4, -0.2) is 41.3 Å². The molecule has 9 nitrogen and oxygen atoms in total. The van der Waals surface area contributed by atoms with Gasteiger partial charge in [-0.1, -0.05) is 44.1 Å². The summed E-state index contributed by atoms with van der Waals surface area (Å²) < 4.78 is 11.0. The smallest absolute Gasteiger partial charge is 0.280 e. The first-order valence-corrected chi connectivity index (χ1v) is 11.6. The molecular formula is C27H27N5O4. The number of nitrogens with zero attached hydrogens (tertiary/aromatic N) is 3. The number of amides is 2. The lowest BCUT2D eigenvalue weighted by Crippen LogP contribution is -2.30. The minimum Gasteiger partial charge on any atom is -0.496 e. The van der Waals surface area contributed by atoms with Gasteiger partial charge in [-0.2, -0.15) is 5.10 Å². The molecule has 2 amide bonds. The fourth-order valence-electron chi connectivity index (χ4n) is 4.60. The van der Waals surface area contributed by atoms with Crippen LogP contribution >= 0.6 is 0 Å². The van der Waals surface area contributed by atoms with Gasteiger partial charge in [0, 0.05) is 46.6 Å². The molecule has 5 rings (SSSR count). The van der Waals surface area contributed by atoms with Gasteiger partial charge in [0.25, 0.3) is 11.8 Å². The fourth-order valence-corrected chi connectivity index (χ4v) is 4.60. The van der Waals surface area contributed by atoms with Crippen LogP contribution in [0.4, 0.5) is 5.69 Å². The van der Waals surface area contributed by atoms with Gasteiger partial charge in [0.1, 0.15) is 5.75 Å². The Bertz CT molecular complexity index is 1450. The number of carbonyl (C=O) groups is 2. The third-order valence-corrected chi connectivity index (χ3v) is 6.34. The second kappa shape index (κ2) is 8.67. The molecule has 1 atom stereocenters. The van der Waals surface area contributed by atoms with Gasteiger partial charge in [-0.15, -0.1) is 0 Å². The fraction of sp³-hybridized carbons (Fsp3) is 0.259. The molecule has 2 aromatic carbocycles. The van der Waals surface area contributed by atoms with Crippen molar-refractivity contribution in [3.8, 4) is 17.1 Å². The van der Waals surface area contributed by atoms with Crippen LogP contribution in [-0.2, 0) is 5.41 Å². The molecule has 2 aromatic heterocycles. The Hall–Kier alpha value is -4.40. The Kier molecular flexibility index (Phi) is 5.62. The quantitative estimate of drug-likeness (QED) is 0.431. The highest BCUT2D eigenvalue weighted by atomic mass is 16.5. The van der Waals surface area contributed by atoms with Crippen molar-refractivity contribution in [3.63, 3.8) is 0 Å². The average molecular weight is 486 g/mol. The molecular weight excluding hydrogens is 458 g/mol. The van der Waals surface area contributed by atoms with Crippen LogP contribution in [0.5, 0.6) is 5.75 Å². The van der Waals surface area contributed by atoms with Crippen LogP contribution < -0.4 is 15.0 Å². The Labute approximate surface area is 208 Å². The summed E-state index contributed by atoms with van der Waals surface area (Å²) in [7, 11) is 3.16. The highest BCUT2D eigenvalue weighted by molar-refractivity contribution is 6.11. The first kappa shape index (κ1) is 23.3. The number of rotatable bonds is 5. The number of anilines is 1. The number of fused-ring (bicyclic) bond motifs is 1. The molecule has 36 heavy (non-hydrogen) atoms. The SMILES string of the molecule is CNC(=O)c1cc(-c2ccc(N3C(=O)c4n[nH]c(C(C)(C)C)c4C3c3ccccc3OC)cc2)on1. The largest absolute Gasteiger partial charge is 0.496 e. The van der Waals surface area contributed by atoms with Gasteiger partial charge in [0.05, 0.1) is 13.2 Å². The first-order valence-electron chi connectivity index (χ1n) is 11.6. The van der Waals surface area contributed by atoms with Crippen LogP contribution in [0.1, 0.15) is 64.6 Å². The number of benzene rings is 2. The van der Waals surface area contributed by atoms with Crippen LogP contribution in [0, 0.1) is 0 Å². The van der Waals surface area contributed by atoms with Crippen molar-refractivity contribution in [2.45, 2.75) is 32.2 Å². The van der Waals surface area contributed by atoms with Crippen molar-refractivity contribution < 1.29 is 18.8 Å². The third kappa shape index (κ3) is 3.73. The minimum absolute atomic E-state index is 0.193. The third-order valence-electron chi connectivity index (χ3n) is 6.34. The molecule has 184 valence electrons. The highest BCUT2D eigenvalue weighted by Gasteiger charge is 2.45. The topological polar surface area (TPSA) is 113 Å². The monoisotopic (exact) mass is 485 g/mol. The van der Waals surface area contributed by atoms with E-state index in [9.17, 15) is 9.59 Å². The zero-order valence-corrected chi connectivity index (χ0v) is 20.7. The number of hydrogen-bond acceptors (Lipinski definition) is 6. The number of ether oxygens (including phenoxy) is 1. The molecule has 1 aliphatic heterocycles. The number of methoxy groups -OCH3 is 1. The van der Waals surface area contributed by atoms with Crippen molar-refractivity contribution in [2.24, 2.45) is 0 Å².